The normalized spacial score (nSPS) is 11.4. The molecule has 5 nitrogen and oxygen atoms in total. The highest BCUT2D eigenvalue weighted by Gasteiger charge is 2.08. The molecule has 0 atom stereocenters. The average molecular weight is 275 g/mol. The van der Waals surface area contributed by atoms with Crippen molar-refractivity contribution >= 4 is 10.8 Å². The Hall–Kier alpha value is -1.72. The molecule has 0 fully saturated rings. The minimum absolute atomic E-state index is 0.0372. The van der Waals surface area contributed by atoms with Gasteiger partial charge >= 0.3 is 0 Å². The average Bonchev–Trinajstić information content (AvgIpc) is 2.45. The summed E-state index contributed by atoms with van der Waals surface area (Å²) in [5, 5.41) is 6.05. The molecule has 0 aliphatic heterocycles. The molecule has 1 aromatic carbocycles. The molecule has 0 amide bonds. The van der Waals surface area contributed by atoms with Crippen molar-refractivity contribution in [1.29, 1.82) is 0 Å². The molecule has 0 radical (unpaired) electrons. The molecule has 108 valence electrons. The van der Waals surface area contributed by atoms with Gasteiger partial charge in [0.1, 0.15) is 0 Å². The highest BCUT2D eigenvalue weighted by molar-refractivity contribution is 5.83. The summed E-state index contributed by atoms with van der Waals surface area (Å²) < 4.78 is 6.56. The number of hydrogen-bond donors (Lipinski definition) is 0. The van der Waals surface area contributed by atoms with E-state index in [1.54, 1.807) is 7.11 Å². The Labute approximate surface area is 118 Å². The first-order chi connectivity index (χ1) is 9.63. The van der Waals surface area contributed by atoms with E-state index in [0.717, 1.165) is 36.0 Å². The van der Waals surface area contributed by atoms with Crippen LogP contribution in [0, 0.1) is 6.92 Å². The third kappa shape index (κ3) is 3.23. The maximum absolute atomic E-state index is 12.4. The van der Waals surface area contributed by atoms with Gasteiger partial charge in [-0.2, -0.15) is 5.10 Å². The van der Waals surface area contributed by atoms with Crippen molar-refractivity contribution in [2.45, 2.75) is 20.0 Å². The maximum atomic E-state index is 12.4. The molecule has 0 unspecified atom stereocenters. The van der Waals surface area contributed by atoms with Crippen LogP contribution >= 0.6 is 0 Å². The summed E-state index contributed by atoms with van der Waals surface area (Å²) in [4.78, 5) is 14.5. The number of aryl methyl sites for hydroxylation is 1. The van der Waals surface area contributed by atoms with Crippen molar-refractivity contribution in [3.05, 3.63) is 40.3 Å². The second-order valence-electron chi connectivity index (χ2n) is 5.00. The van der Waals surface area contributed by atoms with Crippen LogP contribution in [0.2, 0.25) is 0 Å². The van der Waals surface area contributed by atoms with Crippen molar-refractivity contribution in [2.75, 3.05) is 27.3 Å². The Morgan fingerprint density at radius 3 is 2.70 bits per heavy atom. The molecule has 0 spiro atoms. The maximum Gasteiger partial charge on any atom is 0.275 e. The molecule has 2 rings (SSSR count). The molecule has 20 heavy (non-hydrogen) atoms. The van der Waals surface area contributed by atoms with Gasteiger partial charge in [-0.15, -0.1) is 0 Å². The van der Waals surface area contributed by atoms with E-state index in [9.17, 15) is 4.79 Å². The minimum Gasteiger partial charge on any atom is -0.385 e. The van der Waals surface area contributed by atoms with E-state index in [4.69, 9.17) is 4.74 Å². The number of hydrogen-bond acceptors (Lipinski definition) is 4. The SMILES string of the molecule is COCCCN(C)Cn1nc(C)c2ccccc2c1=O. The van der Waals surface area contributed by atoms with Crippen molar-refractivity contribution in [2.24, 2.45) is 0 Å². The lowest BCUT2D eigenvalue weighted by Gasteiger charge is -2.17. The summed E-state index contributed by atoms with van der Waals surface area (Å²) in [6.45, 7) is 4.02. The Bertz CT molecular complexity index is 637. The summed E-state index contributed by atoms with van der Waals surface area (Å²) in [6, 6.07) is 7.60. The molecular weight excluding hydrogens is 254 g/mol. The molecule has 0 N–H and O–H groups in total. The van der Waals surface area contributed by atoms with Crippen LogP contribution in [0.1, 0.15) is 12.1 Å². The second kappa shape index (κ2) is 6.63. The van der Waals surface area contributed by atoms with E-state index >= 15 is 0 Å². The van der Waals surface area contributed by atoms with Crippen LogP contribution in [0.5, 0.6) is 0 Å². The number of methoxy groups -OCH3 is 1. The lowest BCUT2D eigenvalue weighted by Crippen LogP contribution is -2.33. The third-order valence-electron chi connectivity index (χ3n) is 3.32. The first-order valence-electron chi connectivity index (χ1n) is 6.77. The largest absolute Gasteiger partial charge is 0.385 e. The van der Waals surface area contributed by atoms with E-state index in [1.807, 2.05) is 38.2 Å². The fraction of sp³-hybridized carbons (Fsp3) is 0.467. The van der Waals surface area contributed by atoms with Gasteiger partial charge in [-0.1, -0.05) is 18.2 Å². The van der Waals surface area contributed by atoms with Gasteiger partial charge in [-0.05, 0) is 26.5 Å². The summed E-state index contributed by atoms with van der Waals surface area (Å²) >= 11 is 0. The predicted molar refractivity (Wildman–Crippen MR) is 79.9 cm³/mol. The van der Waals surface area contributed by atoms with Crippen LogP contribution in [0.25, 0.3) is 10.8 Å². The Balaban J connectivity index is 2.22. The van der Waals surface area contributed by atoms with Crippen LogP contribution in [-0.4, -0.2) is 42.0 Å². The van der Waals surface area contributed by atoms with E-state index in [2.05, 4.69) is 10.00 Å². The van der Waals surface area contributed by atoms with Crippen molar-refractivity contribution < 1.29 is 4.74 Å². The Morgan fingerprint density at radius 1 is 1.30 bits per heavy atom. The Kier molecular flexibility index (Phi) is 4.87. The van der Waals surface area contributed by atoms with Crippen LogP contribution in [0.3, 0.4) is 0 Å². The summed E-state index contributed by atoms with van der Waals surface area (Å²) in [5.41, 5.74) is 0.843. The van der Waals surface area contributed by atoms with Crippen LogP contribution in [0.15, 0.2) is 29.1 Å². The zero-order chi connectivity index (χ0) is 14.5. The monoisotopic (exact) mass is 275 g/mol. The van der Waals surface area contributed by atoms with Crippen molar-refractivity contribution in [3.63, 3.8) is 0 Å². The van der Waals surface area contributed by atoms with Gasteiger partial charge in [0.05, 0.1) is 17.7 Å². The molecule has 0 saturated carbocycles. The van der Waals surface area contributed by atoms with Crippen molar-refractivity contribution in [1.82, 2.24) is 14.7 Å². The molecule has 1 aromatic heterocycles. The van der Waals surface area contributed by atoms with Crippen LogP contribution < -0.4 is 5.56 Å². The highest BCUT2D eigenvalue weighted by atomic mass is 16.5. The number of ether oxygens (including phenoxy) is 1. The third-order valence-corrected chi connectivity index (χ3v) is 3.32. The molecule has 5 heteroatoms. The summed E-state index contributed by atoms with van der Waals surface area (Å²) in [6.07, 6.45) is 0.939. The minimum atomic E-state index is -0.0372. The van der Waals surface area contributed by atoms with Gasteiger partial charge in [-0.3, -0.25) is 9.69 Å². The van der Waals surface area contributed by atoms with Gasteiger partial charge in [0.25, 0.3) is 5.56 Å². The number of benzene rings is 1. The van der Waals surface area contributed by atoms with Crippen LogP contribution in [-0.2, 0) is 11.4 Å². The number of fused-ring (bicyclic) bond motifs is 1. The van der Waals surface area contributed by atoms with Gasteiger partial charge in [-0.25, -0.2) is 4.68 Å². The zero-order valence-corrected chi connectivity index (χ0v) is 12.3. The molecule has 0 aliphatic carbocycles. The first-order valence-corrected chi connectivity index (χ1v) is 6.77. The molecule has 1 heterocycles. The van der Waals surface area contributed by atoms with Gasteiger partial charge in [0.2, 0.25) is 0 Å². The second-order valence-corrected chi connectivity index (χ2v) is 5.00. The number of rotatable bonds is 6. The van der Waals surface area contributed by atoms with Gasteiger partial charge in [0.15, 0.2) is 0 Å². The number of aromatic nitrogens is 2. The fourth-order valence-electron chi connectivity index (χ4n) is 2.28. The van der Waals surface area contributed by atoms with E-state index < -0.39 is 0 Å². The molecule has 0 saturated heterocycles. The van der Waals surface area contributed by atoms with Crippen molar-refractivity contribution in [3.8, 4) is 0 Å². The molecular formula is C15H21N3O2. The van der Waals surface area contributed by atoms with Crippen LogP contribution in [0.4, 0.5) is 0 Å². The van der Waals surface area contributed by atoms with E-state index in [1.165, 1.54) is 4.68 Å². The summed E-state index contributed by atoms with van der Waals surface area (Å²) in [7, 11) is 3.67. The van der Waals surface area contributed by atoms with Gasteiger partial charge in [0, 0.05) is 25.6 Å². The fourth-order valence-corrected chi connectivity index (χ4v) is 2.28. The topological polar surface area (TPSA) is 47.4 Å². The summed E-state index contributed by atoms with van der Waals surface area (Å²) in [5.74, 6) is 0. The van der Waals surface area contributed by atoms with E-state index in [0.29, 0.717) is 6.67 Å². The Morgan fingerprint density at radius 2 is 2.00 bits per heavy atom. The standard InChI is InChI=1S/C15H21N3O2/c1-12-13-7-4-5-8-14(13)15(19)18(16-12)11-17(2)9-6-10-20-3/h4-5,7-8H,6,9-11H2,1-3H3. The smallest absolute Gasteiger partial charge is 0.275 e. The molecule has 0 aliphatic rings. The molecule has 0 bridgehead atoms. The lowest BCUT2D eigenvalue weighted by molar-refractivity contribution is 0.167. The zero-order valence-electron chi connectivity index (χ0n) is 12.3. The quantitative estimate of drug-likeness (QED) is 0.752. The number of nitrogens with zero attached hydrogens (tertiary/aromatic N) is 3. The molecule has 2 aromatic rings. The predicted octanol–water partition coefficient (Wildman–Crippen LogP) is 1.63. The lowest BCUT2D eigenvalue weighted by atomic mass is 10.1. The van der Waals surface area contributed by atoms with Gasteiger partial charge < -0.3 is 4.74 Å². The highest BCUT2D eigenvalue weighted by Crippen LogP contribution is 2.11. The first kappa shape index (κ1) is 14.7. The van der Waals surface area contributed by atoms with E-state index in [-0.39, 0.29) is 5.56 Å².